The van der Waals surface area contributed by atoms with E-state index in [9.17, 15) is 0 Å². The molecule has 4 rings (SSSR count). The van der Waals surface area contributed by atoms with Crippen molar-refractivity contribution in [2.24, 2.45) is 23.5 Å². The molecule has 2 saturated carbocycles. The molecule has 2 heteroatoms. The van der Waals surface area contributed by atoms with Crippen LogP contribution in [-0.4, -0.2) is 0 Å². The molecule has 2 fully saturated rings. The van der Waals surface area contributed by atoms with E-state index in [-0.39, 0.29) is 6.04 Å². The Morgan fingerprint density at radius 3 is 2.50 bits per heavy atom. The molecule has 4 atom stereocenters. The van der Waals surface area contributed by atoms with Crippen molar-refractivity contribution in [2.75, 3.05) is 0 Å². The molecule has 4 unspecified atom stereocenters. The lowest BCUT2D eigenvalue weighted by Crippen LogP contribution is -2.26. The van der Waals surface area contributed by atoms with E-state index in [1.807, 2.05) is 12.1 Å². The van der Waals surface area contributed by atoms with Gasteiger partial charge >= 0.3 is 0 Å². The van der Waals surface area contributed by atoms with E-state index in [0.29, 0.717) is 5.92 Å². The number of halogens is 1. The third-order valence-electron chi connectivity index (χ3n) is 5.52. The molecule has 2 aromatic carbocycles. The molecule has 0 amide bonds. The number of hydrogen-bond acceptors (Lipinski definition) is 1. The minimum atomic E-state index is 0.160. The van der Waals surface area contributed by atoms with Gasteiger partial charge in [0.2, 0.25) is 0 Å². The summed E-state index contributed by atoms with van der Waals surface area (Å²) in [5, 5.41) is 3.19. The third kappa shape index (κ3) is 1.88. The van der Waals surface area contributed by atoms with E-state index in [2.05, 4.69) is 24.3 Å². The Hall–Kier alpha value is -1.05. The zero-order valence-corrected chi connectivity index (χ0v) is 12.3. The van der Waals surface area contributed by atoms with E-state index in [1.165, 1.54) is 36.6 Å². The zero-order valence-electron chi connectivity index (χ0n) is 11.6. The highest BCUT2D eigenvalue weighted by Crippen LogP contribution is 2.52. The first-order valence-electron chi connectivity index (χ1n) is 7.67. The molecule has 2 aliphatic rings. The second kappa shape index (κ2) is 4.75. The van der Waals surface area contributed by atoms with Crippen LogP contribution in [0.25, 0.3) is 10.8 Å². The summed E-state index contributed by atoms with van der Waals surface area (Å²) in [6.45, 7) is 0. The monoisotopic (exact) mass is 285 g/mol. The van der Waals surface area contributed by atoms with Gasteiger partial charge in [-0.3, -0.25) is 0 Å². The van der Waals surface area contributed by atoms with E-state index < -0.39 is 0 Å². The minimum Gasteiger partial charge on any atom is -0.324 e. The molecule has 2 aromatic rings. The number of hydrogen-bond donors (Lipinski definition) is 1. The predicted octanol–water partition coefficient (Wildman–Crippen LogP) is 4.93. The second-order valence-electron chi connectivity index (χ2n) is 6.55. The summed E-state index contributed by atoms with van der Waals surface area (Å²) < 4.78 is 0. The lowest BCUT2D eigenvalue weighted by molar-refractivity contribution is 0.285. The van der Waals surface area contributed by atoms with Gasteiger partial charge in [-0.15, -0.1) is 0 Å². The van der Waals surface area contributed by atoms with Crippen molar-refractivity contribution in [2.45, 2.75) is 31.7 Å². The Balaban J connectivity index is 1.77. The van der Waals surface area contributed by atoms with Crippen LogP contribution in [-0.2, 0) is 0 Å². The minimum absolute atomic E-state index is 0.160. The van der Waals surface area contributed by atoms with E-state index >= 15 is 0 Å². The highest BCUT2D eigenvalue weighted by atomic mass is 35.5. The molecule has 0 aliphatic heterocycles. The van der Waals surface area contributed by atoms with Crippen LogP contribution in [0, 0.1) is 17.8 Å². The summed E-state index contributed by atoms with van der Waals surface area (Å²) in [6.07, 6.45) is 5.54. The lowest BCUT2D eigenvalue weighted by Gasteiger charge is -2.29. The predicted molar refractivity (Wildman–Crippen MR) is 84.8 cm³/mol. The molecule has 2 aliphatic carbocycles. The van der Waals surface area contributed by atoms with E-state index in [1.54, 1.807) is 0 Å². The maximum Gasteiger partial charge on any atom is 0.0484 e. The molecule has 2 bridgehead atoms. The SMILES string of the molecule is NC(c1ccc(Cl)c2ccccc12)C1CC2CCC1C2. The third-order valence-corrected chi connectivity index (χ3v) is 5.85. The van der Waals surface area contributed by atoms with Gasteiger partial charge in [-0.25, -0.2) is 0 Å². The number of rotatable bonds is 2. The molecule has 0 heterocycles. The first kappa shape index (κ1) is 12.7. The fourth-order valence-corrected chi connectivity index (χ4v) is 4.77. The van der Waals surface area contributed by atoms with Gasteiger partial charge < -0.3 is 5.73 Å². The maximum absolute atomic E-state index is 6.66. The van der Waals surface area contributed by atoms with Gasteiger partial charge in [-0.1, -0.05) is 48.4 Å². The van der Waals surface area contributed by atoms with Crippen LogP contribution in [0.1, 0.15) is 37.3 Å². The number of fused-ring (bicyclic) bond motifs is 3. The van der Waals surface area contributed by atoms with Crippen LogP contribution in [0.5, 0.6) is 0 Å². The molecule has 0 aromatic heterocycles. The van der Waals surface area contributed by atoms with Gasteiger partial charge in [0.25, 0.3) is 0 Å². The largest absolute Gasteiger partial charge is 0.324 e. The van der Waals surface area contributed by atoms with Crippen LogP contribution in [0.15, 0.2) is 36.4 Å². The summed E-state index contributed by atoms with van der Waals surface area (Å²) in [7, 11) is 0. The zero-order chi connectivity index (χ0) is 13.7. The Kier molecular flexibility index (Phi) is 3.01. The van der Waals surface area contributed by atoms with Crippen molar-refractivity contribution in [3.63, 3.8) is 0 Å². The van der Waals surface area contributed by atoms with E-state index in [4.69, 9.17) is 17.3 Å². The van der Waals surface area contributed by atoms with Crippen LogP contribution in [0.4, 0.5) is 0 Å². The lowest BCUT2D eigenvalue weighted by atomic mass is 9.80. The number of nitrogens with two attached hydrogens (primary N) is 1. The van der Waals surface area contributed by atoms with Crippen molar-refractivity contribution in [1.82, 2.24) is 0 Å². The molecular weight excluding hydrogens is 266 g/mol. The van der Waals surface area contributed by atoms with Crippen molar-refractivity contribution in [1.29, 1.82) is 0 Å². The van der Waals surface area contributed by atoms with Crippen molar-refractivity contribution < 1.29 is 0 Å². The fourth-order valence-electron chi connectivity index (χ4n) is 4.54. The maximum atomic E-state index is 6.66. The van der Waals surface area contributed by atoms with Crippen LogP contribution >= 0.6 is 11.6 Å². The molecule has 0 spiro atoms. The summed E-state index contributed by atoms with van der Waals surface area (Å²) in [6, 6.07) is 12.7. The molecule has 0 radical (unpaired) electrons. The van der Waals surface area contributed by atoms with Crippen molar-refractivity contribution in [3.8, 4) is 0 Å². The quantitative estimate of drug-likeness (QED) is 0.832. The molecular formula is C18H20ClN. The molecule has 20 heavy (non-hydrogen) atoms. The summed E-state index contributed by atoms with van der Waals surface area (Å²) in [5.41, 5.74) is 7.94. The van der Waals surface area contributed by atoms with Gasteiger partial charge in [0.05, 0.1) is 0 Å². The highest BCUT2D eigenvalue weighted by Gasteiger charge is 2.42. The van der Waals surface area contributed by atoms with Crippen molar-refractivity contribution in [3.05, 3.63) is 47.0 Å². The van der Waals surface area contributed by atoms with Crippen LogP contribution in [0.2, 0.25) is 5.02 Å². The van der Waals surface area contributed by atoms with E-state index in [0.717, 1.165) is 22.2 Å². The summed E-state index contributed by atoms with van der Waals surface area (Å²) in [5.74, 6) is 2.46. The van der Waals surface area contributed by atoms with Gasteiger partial charge in [-0.2, -0.15) is 0 Å². The van der Waals surface area contributed by atoms with Crippen LogP contribution < -0.4 is 5.73 Å². The van der Waals surface area contributed by atoms with Crippen molar-refractivity contribution >= 4 is 22.4 Å². The topological polar surface area (TPSA) is 26.0 Å². The summed E-state index contributed by atoms with van der Waals surface area (Å²) in [4.78, 5) is 0. The fraction of sp³-hybridized carbons (Fsp3) is 0.444. The first-order chi connectivity index (χ1) is 9.74. The Labute approximate surface area is 125 Å². The van der Waals surface area contributed by atoms with Gasteiger partial charge in [0.1, 0.15) is 0 Å². The van der Waals surface area contributed by atoms with Gasteiger partial charge in [0.15, 0.2) is 0 Å². The van der Waals surface area contributed by atoms with Gasteiger partial charge in [0, 0.05) is 16.5 Å². The average molecular weight is 286 g/mol. The Morgan fingerprint density at radius 2 is 1.80 bits per heavy atom. The molecule has 2 N–H and O–H groups in total. The second-order valence-corrected chi connectivity index (χ2v) is 6.95. The molecule has 0 saturated heterocycles. The molecule has 1 nitrogen and oxygen atoms in total. The average Bonchev–Trinajstić information content (AvgIpc) is 3.10. The molecule has 104 valence electrons. The Bertz CT molecular complexity index is 651. The number of benzene rings is 2. The van der Waals surface area contributed by atoms with Crippen LogP contribution in [0.3, 0.4) is 0 Å². The summed E-state index contributed by atoms with van der Waals surface area (Å²) >= 11 is 6.32. The smallest absolute Gasteiger partial charge is 0.0484 e. The van der Waals surface area contributed by atoms with Gasteiger partial charge in [-0.05, 0) is 54.0 Å². The normalized spacial score (nSPS) is 30.0. The Morgan fingerprint density at radius 1 is 1.00 bits per heavy atom. The first-order valence-corrected chi connectivity index (χ1v) is 8.04. The standard InChI is InChI=1S/C18H20ClN/c19-17-8-7-15(13-3-1-2-4-14(13)17)18(20)16-10-11-5-6-12(16)9-11/h1-4,7-8,11-12,16,18H,5-6,9-10,20H2. The highest BCUT2D eigenvalue weighted by molar-refractivity contribution is 6.35.